The van der Waals surface area contributed by atoms with E-state index in [2.05, 4.69) is 40.2 Å². The van der Waals surface area contributed by atoms with Gasteiger partial charge in [0.2, 0.25) is 20.0 Å². The van der Waals surface area contributed by atoms with Gasteiger partial charge in [-0.1, -0.05) is 6.07 Å². The molecule has 0 bridgehead atoms. The molecule has 0 saturated carbocycles. The van der Waals surface area contributed by atoms with Gasteiger partial charge in [0.15, 0.2) is 18.5 Å². The number of amidine groups is 1. The van der Waals surface area contributed by atoms with E-state index in [0.717, 1.165) is 0 Å². The Bertz CT molecular complexity index is 1610. The van der Waals surface area contributed by atoms with Crippen LogP contribution in [0.15, 0.2) is 61.7 Å². The number of hydrogen-bond donors (Lipinski definition) is 5. The Morgan fingerprint density at radius 1 is 1.11 bits per heavy atom. The number of nitrogen functional groups attached to an aromatic ring is 1. The van der Waals surface area contributed by atoms with Crippen molar-refractivity contribution in [2.24, 2.45) is 20.4 Å². The fourth-order valence-electron chi connectivity index (χ4n) is 4.13. The molecule has 188 valence electrons. The first-order valence-electron chi connectivity index (χ1n) is 10.8. The van der Waals surface area contributed by atoms with Crippen molar-refractivity contribution in [2.75, 3.05) is 25.5 Å². The number of azo groups is 1. The summed E-state index contributed by atoms with van der Waals surface area (Å²) >= 11 is 0. The van der Waals surface area contributed by atoms with Crippen molar-refractivity contribution in [3.05, 3.63) is 42.2 Å². The molecule has 0 amide bonds. The maximum atomic E-state index is 13.3. The number of nitrogens with two attached hydrogens (primary N) is 2. The summed E-state index contributed by atoms with van der Waals surface area (Å²) in [4.78, 5) is 14.2. The smallest absolute Gasteiger partial charge is 0.242 e. The summed E-state index contributed by atoms with van der Waals surface area (Å²) in [5.74, 6) is 0.160. The van der Waals surface area contributed by atoms with Gasteiger partial charge in [0.25, 0.3) is 0 Å². The van der Waals surface area contributed by atoms with Crippen LogP contribution in [0.2, 0.25) is 0 Å². The van der Waals surface area contributed by atoms with E-state index in [0.29, 0.717) is 42.0 Å². The Balaban J connectivity index is 1.73. The molecule has 3 aromatic rings. The van der Waals surface area contributed by atoms with Crippen molar-refractivity contribution in [1.29, 1.82) is 0 Å². The predicted molar refractivity (Wildman–Crippen MR) is 131 cm³/mol. The molecule has 0 aliphatic carbocycles. The Morgan fingerprint density at radius 3 is 2.58 bits per heavy atom. The predicted octanol–water partition coefficient (Wildman–Crippen LogP) is 0.178. The average molecular weight is 531 g/mol. The molecule has 2 aliphatic heterocycles. The highest BCUT2D eigenvalue weighted by Gasteiger charge is 2.34. The highest BCUT2D eigenvalue weighted by molar-refractivity contribution is 7.92. The third kappa shape index (κ3) is 4.63. The number of nitrogens with zero attached hydrogens (tertiary/aromatic N) is 5. The summed E-state index contributed by atoms with van der Waals surface area (Å²) in [6.45, 7) is 1.04. The minimum Gasteiger partial charge on any atom is -0.369 e. The van der Waals surface area contributed by atoms with E-state index in [1.54, 1.807) is 12.1 Å². The van der Waals surface area contributed by atoms with Gasteiger partial charge in [0, 0.05) is 18.8 Å². The number of aromatic amines is 1. The molecule has 1 fully saturated rings. The van der Waals surface area contributed by atoms with Crippen LogP contribution in [0, 0.1) is 0 Å². The first kappa shape index (κ1) is 24.1. The fraction of sp³-hybridized carbons (Fsp3) is 0.250. The second-order valence-electron chi connectivity index (χ2n) is 8.15. The van der Waals surface area contributed by atoms with Crippen molar-refractivity contribution >= 4 is 31.8 Å². The first-order chi connectivity index (χ1) is 17.1. The van der Waals surface area contributed by atoms with Gasteiger partial charge < -0.3 is 16.0 Å². The minimum absolute atomic E-state index is 0.0309. The van der Waals surface area contributed by atoms with Gasteiger partial charge in [-0.2, -0.15) is 5.11 Å². The molecule has 0 spiro atoms. The number of hydrogen-bond acceptors (Lipinski definition) is 11. The van der Waals surface area contributed by atoms with Crippen molar-refractivity contribution < 1.29 is 16.8 Å². The van der Waals surface area contributed by atoms with E-state index >= 15 is 0 Å². The zero-order valence-electron chi connectivity index (χ0n) is 18.7. The second kappa shape index (κ2) is 9.14. The van der Waals surface area contributed by atoms with Crippen molar-refractivity contribution in [2.45, 2.75) is 22.3 Å². The number of rotatable bonds is 7. The molecule has 14 nitrogen and oxygen atoms in total. The number of nitrogens with one attached hydrogen (secondary N) is 3. The summed E-state index contributed by atoms with van der Waals surface area (Å²) in [7, 11) is -8.85. The van der Waals surface area contributed by atoms with Gasteiger partial charge in [0.05, 0.1) is 23.1 Å². The third-order valence-corrected chi connectivity index (χ3v) is 8.38. The molecule has 16 heteroatoms. The molecule has 4 heterocycles. The number of aliphatic imine (C=N–C) groups is 1. The summed E-state index contributed by atoms with van der Waals surface area (Å²) in [6.07, 6.45) is 3.58. The maximum Gasteiger partial charge on any atom is 0.242 e. The van der Waals surface area contributed by atoms with E-state index in [1.807, 2.05) is 0 Å². The van der Waals surface area contributed by atoms with Gasteiger partial charge in [-0.3, -0.25) is 4.98 Å². The van der Waals surface area contributed by atoms with Crippen LogP contribution in [0.1, 0.15) is 12.0 Å². The molecule has 2 aromatic heterocycles. The molecular weight excluding hydrogens is 508 g/mol. The van der Waals surface area contributed by atoms with Crippen LogP contribution in [0.3, 0.4) is 0 Å². The topological polar surface area (TPSA) is 223 Å². The van der Waals surface area contributed by atoms with Crippen molar-refractivity contribution in [3.8, 4) is 22.5 Å². The van der Waals surface area contributed by atoms with Crippen LogP contribution in [-0.2, 0) is 20.0 Å². The highest BCUT2D eigenvalue weighted by Crippen LogP contribution is 2.36. The van der Waals surface area contributed by atoms with Gasteiger partial charge >= 0.3 is 0 Å². The number of imidazole rings is 1. The first-order valence-corrected chi connectivity index (χ1v) is 13.8. The van der Waals surface area contributed by atoms with E-state index in [1.165, 1.54) is 24.5 Å². The number of benzene rings is 1. The van der Waals surface area contributed by atoms with Crippen LogP contribution in [0.5, 0.6) is 0 Å². The Morgan fingerprint density at radius 2 is 1.94 bits per heavy atom. The molecule has 7 N–H and O–H groups in total. The Kier molecular flexibility index (Phi) is 6.13. The maximum absolute atomic E-state index is 13.3. The molecule has 0 radical (unpaired) electrons. The Hall–Kier alpha value is -3.57. The van der Waals surface area contributed by atoms with E-state index in [9.17, 15) is 16.8 Å². The molecule has 36 heavy (non-hydrogen) atoms. The minimum atomic E-state index is -4.57. The van der Waals surface area contributed by atoms with Crippen molar-refractivity contribution in [1.82, 2.24) is 25.0 Å². The molecule has 5 rings (SSSR count). The van der Waals surface area contributed by atoms with Gasteiger partial charge in [-0.15, -0.1) is 5.11 Å². The summed E-state index contributed by atoms with van der Waals surface area (Å²) in [6, 6.07) is 5.62. The van der Waals surface area contributed by atoms with E-state index in [-0.39, 0.29) is 30.1 Å². The molecular formula is C20H22N10O4S2. The normalized spacial score (nSPS) is 18.0. The van der Waals surface area contributed by atoms with Crippen LogP contribution in [0.25, 0.3) is 22.5 Å². The number of pyridine rings is 1. The lowest BCUT2D eigenvalue weighted by atomic mass is 9.98. The molecule has 0 unspecified atom stereocenters. The lowest BCUT2D eigenvalue weighted by Gasteiger charge is -2.19. The quantitative estimate of drug-likeness (QED) is 0.282. The van der Waals surface area contributed by atoms with Crippen LogP contribution in [-0.4, -0.2) is 63.4 Å². The lowest BCUT2D eigenvalue weighted by Crippen LogP contribution is -2.37. The number of primary sulfonamides is 1. The van der Waals surface area contributed by atoms with E-state index in [4.69, 9.17) is 10.9 Å². The second-order valence-corrected chi connectivity index (χ2v) is 11.3. The van der Waals surface area contributed by atoms with Crippen LogP contribution < -0.4 is 20.9 Å². The molecule has 1 saturated heterocycles. The zero-order chi connectivity index (χ0) is 25.5. The third-order valence-electron chi connectivity index (χ3n) is 5.69. The van der Waals surface area contributed by atoms with Crippen molar-refractivity contribution in [3.63, 3.8) is 0 Å². The van der Waals surface area contributed by atoms with Gasteiger partial charge in [0.1, 0.15) is 9.79 Å². The molecule has 1 aromatic carbocycles. The van der Waals surface area contributed by atoms with E-state index < -0.39 is 29.8 Å². The average Bonchev–Trinajstić information content (AvgIpc) is 3.61. The standard InChI is InChI=1S/C20H22N10O4S2/c21-20-25-9-15(28-20)14-7-11(3-6-24-14)13-1-2-16(36(33,34)30-12-4-5-23-8-12)18(35(22,31)32)17(13)19-26-10-27-29-19/h1-3,6-7,9,12,23,30H,4-5,8,10H2,(H3,21,25,28)(H2,22,31,32)/t12-/m0/s1. The number of sulfonamides is 2. The summed E-state index contributed by atoms with van der Waals surface area (Å²) < 4.78 is 55.0. The fourth-order valence-corrected chi connectivity index (χ4v) is 7.00. The largest absolute Gasteiger partial charge is 0.369 e. The molecule has 2 aliphatic rings. The van der Waals surface area contributed by atoms with Gasteiger partial charge in [-0.25, -0.2) is 36.7 Å². The van der Waals surface area contributed by atoms with Gasteiger partial charge in [-0.05, 0) is 42.3 Å². The number of anilines is 1. The summed E-state index contributed by atoms with van der Waals surface area (Å²) in [5, 5.41) is 16.4. The van der Waals surface area contributed by atoms with Crippen LogP contribution >= 0.6 is 0 Å². The highest BCUT2D eigenvalue weighted by atomic mass is 32.2. The number of H-pyrrole nitrogens is 1. The van der Waals surface area contributed by atoms with Crippen LogP contribution in [0.4, 0.5) is 5.95 Å². The lowest BCUT2D eigenvalue weighted by molar-refractivity contribution is 0.555. The molecule has 1 atom stereocenters. The SMILES string of the molecule is Nc1ncc(-c2cc(-c3ccc(S(=O)(=O)N[C@H]4CCNC4)c(S(N)(=O)=O)c3C3=NCN=N3)ccn2)[nH]1. The Labute approximate surface area is 206 Å². The monoisotopic (exact) mass is 530 g/mol. The zero-order valence-corrected chi connectivity index (χ0v) is 20.3. The summed E-state index contributed by atoms with van der Waals surface area (Å²) in [5.41, 5.74) is 7.46. The number of aromatic nitrogens is 3.